The van der Waals surface area contributed by atoms with Gasteiger partial charge in [-0.2, -0.15) is 0 Å². The Bertz CT molecular complexity index is 1340. The number of hydrogen-bond donors (Lipinski definition) is 2. The van der Waals surface area contributed by atoms with Gasteiger partial charge in [0.05, 0.1) is 6.61 Å². The molecular formula is C35H47N3O5. The lowest BCUT2D eigenvalue weighted by atomic mass is 9.77. The van der Waals surface area contributed by atoms with E-state index in [1.54, 1.807) is 20.8 Å². The minimum atomic E-state index is -0.917. The summed E-state index contributed by atoms with van der Waals surface area (Å²) in [6, 6.07) is 16.0. The Hall–Kier alpha value is -3.81. The average molecular weight is 590 g/mol. The minimum absolute atomic E-state index is 0.0918. The highest BCUT2D eigenvalue weighted by atomic mass is 16.6. The number of carbonyl (C=O) groups excluding carboxylic acids is 3. The molecule has 2 aliphatic heterocycles. The van der Waals surface area contributed by atoms with Crippen LogP contribution in [0.25, 0.3) is 0 Å². The third-order valence-corrected chi connectivity index (χ3v) is 8.01. The maximum Gasteiger partial charge on any atom is 0.408 e. The Balaban J connectivity index is 1.45. The number of rotatable bonds is 8. The number of carbonyl (C=O) groups is 3. The second-order valence-corrected chi connectivity index (χ2v) is 14.1. The summed E-state index contributed by atoms with van der Waals surface area (Å²) in [5, 5.41) is 5.72. The third kappa shape index (κ3) is 8.39. The number of amides is 3. The van der Waals surface area contributed by atoms with E-state index < -0.39 is 35.1 Å². The fourth-order valence-corrected chi connectivity index (χ4v) is 5.71. The largest absolute Gasteiger partial charge is 0.492 e. The molecule has 0 spiro atoms. The molecule has 0 bridgehead atoms. The van der Waals surface area contributed by atoms with Crippen LogP contribution in [0.2, 0.25) is 0 Å². The number of nitrogens with one attached hydrogen (secondary N) is 2. The third-order valence-electron chi connectivity index (χ3n) is 8.01. The van der Waals surface area contributed by atoms with Gasteiger partial charge in [-0.15, -0.1) is 0 Å². The first-order valence-corrected chi connectivity index (χ1v) is 15.2. The number of fused-ring (bicyclic) bond motifs is 1. The van der Waals surface area contributed by atoms with Crippen LogP contribution in [0.3, 0.4) is 0 Å². The van der Waals surface area contributed by atoms with Gasteiger partial charge in [-0.1, -0.05) is 87.9 Å². The molecule has 3 amide bonds. The quantitative estimate of drug-likeness (QED) is 0.394. The van der Waals surface area contributed by atoms with Crippen LogP contribution in [0, 0.1) is 5.41 Å². The molecule has 0 saturated heterocycles. The molecule has 8 nitrogen and oxygen atoms in total. The van der Waals surface area contributed by atoms with Crippen molar-refractivity contribution in [3.63, 3.8) is 0 Å². The summed E-state index contributed by atoms with van der Waals surface area (Å²) in [4.78, 5) is 42.1. The summed E-state index contributed by atoms with van der Waals surface area (Å²) in [5.74, 6) is 0.394. The first-order valence-electron chi connectivity index (χ1n) is 15.2. The van der Waals surface area contributed by atoms with Crippen LogP contribution in [0.5, 0.6) is 5.75 Å². The van der Waals surface area contributed by atoms with Crippen molar-refractivity contribution >= 4 is 17.9 Å². The first-order chi connectivity index (χ1) is 20.1. The molecule has 2 heterocycles. The molecule has 0 saturated carbocycles. The van der Waals surface area contributed by atoms with Crippen LogP contribution >= 0.6 is 0 Å². The molecule has 43 heavy (non-hydrogen) atoms. The minimum Gasteiger partial charge on any atom is -0.492 e. The summed E-state index contributed by atoms with van der Waals surface area (Å²) in [6.45, 7) is 15.1. The van der Waals surface area contributed by atoms with Crippen LogP contribution in [-0.4, -0.2) is 60.2 Å². The van der Waals surface area contributed by atoms with Crippen LogP contribution in [0.1, 0.15) is 72.4 Å². The van der Waals surface area contributed by atoms with Crippen molar-refractivity contribution < 1.29 is 23.9 Å². The number of ether oxygens (including phenoxy) is 2. The van der Waals surface area contributed by atoms with Crippen molar-refractivity contribution in [2.45, 2.75) is 90.8 Å². The van der Waals surface area contributed by atoms with Gasteiger partial charge in [-0.25, -0.2) is 4.79 Å². The predicted octanol–water partition coefficient (Wildman–Crippen LogP) is 5.55. The van der Waals surface area contributed by atoms with Crippen LogP contribution in [0.4, 0.5) is 4.79 Å². The number of alkyl carbamates (subject to hydrolysis) is 1. The van der Waals surface area contributed by atoms with Gasteiger partial charge in [0.2, 0.25) is 11.8 Å². The number of para-hydroxylation sites is 1. The average Bonchev–Trinajstić information content (AvgIpc) is 3.26. The second kappa shape index (κ2) is 12.8. The molecule has 0 radical (unpaired) electrons. The fourth-order valence-electron chi connectivity index (χ4n) is 5.71. The Morgan fingerprint density at radius 3 is 2.28 bits per heavy atom. The normalized spacial score (nSPS) is 19.8. The lowest BCUT2D eigenvalue weighted by Gasteiger charge is -2.37. The Labute approximate surface area is 256 Å². The predicted molar refractivity (Wildman–Crippen MR) is 168 cm³/mol. The maximum absolute atomic E-state index is 13.9. The second-order valence-electron chi connectivity index (χ2n) is 14.1. The van der Waals surface area contributed by atoms with Gasteiger partial charge in [-0.3, -0.25) is 9.59 Å². The lowest BCUT2D eigenvalue weighted by molar-refractivity contribution is -0.139. The summed E-state index contributed by atoms with van der Waals surface area (Å²) in [5.41, 5.74) is 2.07. The molecule has 0 fully saturated rings. The topological polar surface area (TPSA) is 97.0 Å². The van der Waals surface area contributed by atoms with Gasteiger partial charge in [0.1, 0.15) is 23.4 Å². The standard InChI is InChI=1S/C35H47N3O5/c1-33(2,3)29(37-30(39)27(21-24-13-9-8-10-14-24)36-32(41)43-34(4,5)6)31(40)38-19-17-25(18-20-38)22-35(7)23-42-28-16-12-11-15-26(28)35/h8-17,27,29H,18-23H2,1-7H3,(H,36,41)(H,37,39)/t27-,29+,35-/m0/s1. The summed E-state index contributed by atoms with van der Waals surface area (Å²) in [6.07, 6.45) is 3.38. The summed E-state index contributed by atoms with van der Waals surface area (Å²) >= 11 is 0. The molecule has 2 aromatic rings. The zero-order chi connectivity index (χ0) is 31.4. The van der Waals surface area contributed by atoms with Crippen molar-refractivity contribution in [3.8, 4) is 5.75 Å². The molecule has 2 N–H and O–H groups in total. The van der Waals surface area contributed by atoms with Crippen molar-refractivity contribution in [3.05, 3.63) is 77.4 Å². The zero-order valence-corrected chi connectivity index (χ0v) is 26.7. The Morgan fingerprint density at radius 1 is 0.977 bits per heavy atom. The lowest BCUT2D eigenvalue weighted by Crippen LogP contribution is -2.59. The van der Waals surface area contributed by atoms with Gasteiger partial charge >= 0.3 is 6.09 Å². The molecule has 0 aliphatic carbocycles. The van der Waals surface area contributed by atoms with Gasteiger partial charge in [0.25, 0.3) is 0 Å². The Kier molecular flexibility index (Phi) is 9.57. The van der Waals surface area contributed by atoms with Gasteiger partial charge in [0.15, 0.2) is 0 Å². The fraction of sp³-hybridized carbons (Fsp3) is 0.514. The highest BCUT2D eigenvalue weighted by molar-refractivity contribution is 5.92. The van der Waals surface area contributed by atoms with Crippen LogP contribution in [-0.2, 0) is 26.2 Å². The van der Waals surface area contributed by atoms with E-state index in [-0.39, 0.29) is 17.7 Å². The molecule has 2 aromatic carbocycles. The number of benzene rings is 2. The van der Waals surface area contributed by atoms with E-state index in [1.165, 1.54) is 11.1 Å². The molecule has 0 aromatic heterocycles. The molecule has 0 unspecified atom stereocenters. The van der Waals surface area contributed by atoms with E-state index >= 15 is 0 Å². The van der Waals surface area contributed by atoms with Crippen molar-refractivity contribution in [1.29, 1.82) is 0 Å². The molecule has 2 aliphatic rings. The van der Waals surface area contributed by atoms with E-state index in [9.17, 15) is 14.4 Å². The van der Waals surface area contributed by atoms with Crippen molar-refractivity contribution in [2.75, 3.05) is 19.7 Å². The van der Waals surface area contributed by atoms with Gasteiger partial charge in [0, 0.05) is 30.5 Å². The molecule has 3 atom stereocenters. The highest BCUT2D eigenvalue weighted by Gasteiger charge is 2.40. The van der Waals surface area contributed by atoms with E-state index in [1.807, 2.05) is 68.1 Å². The molecule has 8 heteroatoms. The monoisotopic (exact) mass is 589 g/mol. The molecular weight excluding hydrogens is 542 g/mol. The molecule has 4 rings (SSSR count). The summed E-state index contributed by atoms with van der Waals surface area (Å²) < 4.78 is 11.4. The maximum atomic E-state index is 13.9. The highest BCUT2D eigenvalue weighted by Crippen LogP contribution is 2.43. The zero-order valence-electron chi connectivity index (χ0n) is 26.7. The van der Waals surface area contributed by atoms with Crippen LogP contribution < -0.4 is 15.4 Å². The van der Waals surface area contributed by atoms with E-state index in [2.05, 4.69) is 35.8 Å². The van der Waals surface area contributed by atoms with Crippen molar-refractivity contribution in [2.24, 2.45) is 5.41 Å². The smallest absolute Gasteiger partial charge is 0.408 e. The first kappa shape index (κ1) is 32.1. The van der Waals surface area contributed by atoms with E-state index in [4.69, 9.17) is 9.47 Å². The Morgan fingerprint density at radius 2 is 1.65 bits per heavy atom. The van der Waals surface area contributed by atoms with Gasteiger partial charge < -0.3 is 25.0 Å². The number of nitrogens with zero attached hydrogens (tertiary/aromatic N) is 1. The van der Waals surface area contributed by atoms with E-state index in [0.717, 1.165) is 24.2 Å². The summed E-state index contributed by atoms with van der Waals surface area (Å²) in [7, 11) is 0. The van der Waals surface area contributed by atoms with Crippen LogP contribution in [0.15, 0.2) is 66.2 Å². The SMILES string of the molecule is CC(C)(C)OC(=O)N[C@@H](Cc1ccccc1)C(=O)N[C@H](C(=O)N1CC=C(C[C@@]2(C)COc3ccccc32)CC1)C(C)(C)C. The van der Waals surface area contributed by atoms with Gasteiger partial charge in [-0.05, 0) is 50.7 Å². The van der Waals surface area contributed by atoms with E-state index in [0.29, 0.717) is 19.7 Å². The van der Waals surface area contributed by atoms with Crippen molar-refractivity contribution in [1.82, 2.24) is 15.5 Å². The molecule has 232 valence electrons. The number of hydrogen-bond acceptors (Lipinski definition) is 5.